The highest BCUT2D eigenvalue weighted by Crippen LogP contribution is 2.50. The van der Waals surface area contributed by atoms with Crippen LogP contribution in [0.25, 0.3) is 121 Å². The van der Waals surface area contributed by atoms with Gasteiger partial charge in [-0.05, 0) is 281 Å². The molecule has 716 valence electrons. The molecule has 18 aromatic rings. The van der Waals surface area contributed by atoms with E-state index in [1.165, 1.54) is 5.56 Å². The number of carbonyl (C=O) groups excluding carboxylic acids is 4. The first-order chi connectivity index (χ1) is 69.3. The van der Waals surface area contributed by atoms with Gasteiger partial charge in [0.15, 0.2) is 11.5 Å². The molecule has 9 aromatic heterocycles. The normalized spacial score (nSPS) is 15.0. The quantitative estimate of drug-likeness (QED) is 0.0260. The fraction of sp³-hybridized carbons (Fsp3) is 0.225. The highest BCUT2D eigenvalue weighted by atomic mass is 127. The van der Waals surface area contributed by atoms with Crippen LogP contribution in [0.2, 0.25) is 0 Å². The zero-order chi connectivity index (χ0) is 98.2. The van der Waals surface area contributed by atoms with E-state index in [1.54, 1.807) is 102 Å². The lowest BCUT2D eigenvalue weighted by atomic mass is 10.0. The van der Waals surface area contributed by atoms with E-state index < -0.39 is 11.8 Å². The van der Waals surface area contributed by atoms with Gasteiger partial charge < -0.3 is 74.7 Å². The van der Waals surface area contributed by atoms with E-state index in [0.29, 0.717) is 90.2 Å². The van der Waals surface area contributed by atoms with Crippen LogP contribution in [0.3, 0.4) is 0 Å². The van der Waals surface area contributed by atoms with Gasteiger partial charge in [0.2, 0.25) is 17.6 Å². The molecule has 4 aliphatic rings. The first-order valence-corrected chi connectivity index (χ1v) is 47.6. The number of morpholine rings is 1. The van der Waals surface area contributed by atoms with Gasteiger partial charge in [0.25, 0.3) is 11.8 Å². The molecule has 22 rings (SSSR count). The Morgan fingerprint density at radius 1 is 0.451 bits per heavy atom. The van der Waals surface area contributed by atoms with Crippen LogP contribution >= 0.6 is 22.6 Å². The molecule has 30 nitrogen and oxygen atoms in total. The molecule has 4 amide bonds. The Balaban J connectivity index is 0.000000118. The molecule has 9 aromatic carbocycles. The summed E-state index contributed by atoms with van der Waals surface area (Å²) in [7, 11) is 4.78. The molecule has 4 fully saturated rings. The number of rotatable bonds is 27. The number of aromatic nitrogens is 11. The second-order valence-electron chi connectivity index (χ2n) is 35.0. The van der Waals surface area contributed by atoms with E-state index >= 15 is 0 Å². The fourth-order valence-electron chi connectivity index (χ4n) is 17.5. The number of amides is 4. The van der Waals surface area contributed by atoms with Crippen molar-refractivity contribution in [3.63, 3.8) is 0 Å². The van der Waals surface area contributed by atoms with Crippen LogP contribution in [-0.4, -0.2) is 163 Å². The Kier molecular flexibility index (Phi) is 29.9. The third kappa shape index (κ3) is 22.8. The number of benzene rings is 9. The summed E-state index contributed by atoms with van der Waals surface area (Å²) >= 11 is 2.27. The van der Waals surface area contributed by atoms with Gasteiger partial charge in [-0.2, -0.15) is 5.26 Å². The molecule has 3 aliphatic heterocycles. The van der Waals surface area contributed by atoms with Crippen molar-refractivity contribution in [1.29, 1.82) is 5.26 Å². The third-order valence-electron chi connectivity index (χ3n) is 25.6. The number of nitriles is 1. The predicted octanol–water partition coefficient (Wildman–Crippen LogP) is 19.1. The van der Waals surface area contributed by atoms with Gasteiger partial charge in [0.05, 0.1) is 132 Å². The largest absolute Gasteiger partial charge is 0.493 e. The number of nitrogens with zero attached hydrogens (tertiary/aromatic N) is 11. The molecular weight excluding hydrogens is 1910 g/mol. The molecule has 0 unspecified atom stereocenters. The maximum atomic E-state index is 11.7. The van der Waals surface area contributed by atoms with E-state index in [2.05, 4.69) is 154 Å². The number of imidazole rings is 2. The Morgan fingerprint density at radius 3 is 1.26 bits per heavy atom. The molecule has 0 spiro atoms. The van der Waals surface area contributed by atoms with Gasteiger partial charge in [0.1, 0.15) is 54.2 Å². The zero-order valence-electron chi connectivity index (χ0n) is 78.7. The second kappa shape index (κ2) is 44.2. The van der Waals surface area contributed by atoms with Gasteiger partial charge in [-0.3, -0.25) is 59.0 Å². The SMILES string of the molecule is COc1cc(-c2cc(OCC3(CC#N)CC3)c3cccnc3c2)cc(OC)c1OC.C[C@@H](Oc1cc(-c2ccc3nc[nH]c3c2)cc2ncccc12)[C@H]1CNC(=O)C1.C[C@@H](Oc1cc(I)cc2ncccc12)[C@H]1CNC(=O)C1.NC(=O)c1cccnc1COc1cc(-c2ccc(CN3CCOCC3)cc2)cc2ncccc12.NC(=O)c1cccnc1COc1cc(-c2ccc3nc[nH]c3c2)cc2ncccc12. The molecule has 1 saturated carbocycles. The van der Waals surface area contributed by atoms with Crippen LogP contribution in [0, 0.1) is 32.2 Å². The third-order valence-corrected chi connectivity index (χ3v) is 26.3. The molecule has 12 heterocycles. The Morgan fingerprint density at radius 2 is 0.838 bits per heavy atom. The highest BCUT2D eigenvalue weighted by molar-refractivity contribution is 14.1. The number of halogens is 1. The number of nitrogens with two attached hydrogens (primary N) is 2. The zero-order valence-corrected chi connectivity index (χ0v) is 80.8. The first-order valence-electron chi connectivity index (χ1n) is 46.6. The lowest BCUT2D eigenvalue weighted by Gasteiger charge is -2.26. The van der Waals surface area contributed by atoms with Crippen molar-refractivity contribution in [2.75, 3.05) is 67.3 Å². The lowest BCUT2D eigenvalue weighted by Crippen LogP contribution is -2.35. The fourth-order valence-corrected chi connectivity index (χ4v) is 18.1. The summed E-state index contributed by atoms with van der Waals surface area (Å²) in [6.07, 6.45) is 19.0. The van der Waals surface area contributed by atoms with Crippen LogP contribution in [0.5, 0.6) is 46.0 Å². The minimum absolute atomic E-state index is 0.00411. The monoisotopic (exact) mass is 2010 g/mol. The molecule has 3 saturated heterocycles. The van der Waals surface area contributed by atoms with Crippen molar-refractivity contribution in [2.45, 2.75) is 77.9 Å². The van der Waals surface area contributed by atoms with Gasteiger partial charge in [0, 0.05) is 143 Å². The molecule has 1 aliphatic carbocycles. The number of methoxy groups -OCH3 is 3. The van der Waals surface area contributed by atoms with Crippen LogP contribution in [-0.2, 0) is 34.1 Å². The number of fused-ring (bicyclic) bond motifs is 7. The standard InChI is InChI=1S/C27H26N4O3.C24H24N2O4.C23H17N5O2.C22H20N4O2.C15H15IN2O2/c28-27(32)23-4-2-10-30-25(23)18-34-26-16-21(15-24-22(26)3-1-9-29-24)20-7-5-19(6-8-20)17-31-11-13-33-14-12-31;1-27-21-13-17(14-22(28-2)23(21)29-3)16-11-19-18(5-4-10-26-19)20(12-16)30-15-24(6-7-24)8-9-25;24-23(29)17-4-2-8-26-21(17)12-30-22-11-15(10-19-16(22)3-1-7-25-19)14-5-6-18-20(9-14)28-13-27-18;1-13(16-10-22(27)24-11-16)28-21-9-15(8-19-17(21)3-2-6-23-19)14-4-5-18-20(7-14)26-12-25-18;1-9(10-5-15(19)18-8-10)20-14-7-11(16)6-13-12(14)3-2-4-17-13/h1-10,15-16H,11-14,17-18H2,(H2,28,32);4-5,10-14H,6-8,15H2,1-3H3;1-11,13H,12H2,(H2,24,29)(H,27,28);2-9,12-13,16H,10-11H2,1H3,(H,24,27)(H,25,26);2-4,6-7,9-10H,5,8H2,1H3,(H,18,19)/t;;;13-,16-;9-,10-/m...11/s1. The predicted molar refractivity (Wildman–Crippen MR) is 552 cm³/mol. The molecule has 142 heavy (non-hydrogen) atoms. The van der Waals surface area contributed by atoms with Crippen LogP contribution in [0.4, 0.5) is 0 Å². The first kappa shape index (κ1) is 96.0. The molecular formula is C111H102IN17O13. The molecule has 4 atom stereocenters. The number of hydrogen-bond acceptors (Lipinski definition) is 24. The number of carbonyl (C=O) groups is 4. The van der Waals surface area contributed by atoms with Crippen molar-refractivity contribution < 1.29 is 61.8 Å². The molecule has 0 bridgehead atoms. The lowest BCUT2D eigenvalue weighted by molar-refractivity contribution is -0.120. The average Bonchev–Trinajstić information content (AvgIpc) is 1.25. The van der Waals surface area contributed by atoms with E-state index in [0.717, 1.165) is 188 Å². The summed E-state index contributed by atoms with van der Waals surface area (Å²) in [4.78, 5) is 94.5. The molecule has 8 N–H and O–H groups in total. The summed E-state index contributed by atoms with van der Waals surface area (Å²) in [6.45, 7) is 10.6. The minimum atomic E-state index is -0.533. The summed E-state index contributed by atoms with van der Waals surface area (Å²) in [5.74, 6) is 4.98. The summed E-state index contributed by atoms with van der Waals surface area (Å²) in [5, 5.41) is 19.5. The number of nitrogens with one attached hydrogen (secondary N) is 4. The van der Waals surface area contributed by atoms with E-state index in [-0.39, 0.29) is 54.5 Å². The second-order valence-corrected chi connectivity index (χ2v) is 36.3. The van der Waals surface area contributed by atoms with Crippen molar-refractivity contribution >= 4 is 123 Å². The van der Waals surface area contributed by atoms with Crippen LogP contribution in [0.15, 0.2) is 274 Å². The van der Waals surface area contributed by atoms with Crippen molar-refractivity contribution in [1.82, 2.24) is 70.4 Å². The minimum Gasteiger partial charge on any atom is -0.493 e. The number of primary amides is 2. The van der Waals surface area contributed by atoms with E-state index in [1.807, 2.05) is 153 Å². The molecule has 0 radical (unpaired) electrons. The van der Waals surface area contributed by atoms with E-state index in [4.69, 9.17) is 59.4 Å². The number of aromatic amines is 2. The number of pyridine rings is 7. The smallest absolute Gasteiger partial charge is 0.250 e. The molecule has 31 heteroatoms. The Bertz CT molecular complexity index is 7700. The Labute approximate surface area is 831 Å². The van der Waals surface area contributed by atoms with Gasteiger partial charge in [-0.25, -0.2) is 9.97 Å². The van der Waals surface area contributed by atoms with Gasteiger partial charge in [-0.15, -0.1) is 0 Å². The average molecular weight is 2010 g/mol. The van der Waals surface area contributed by atoms with Gasteiger partial charge in [-0.1, -0.05) is 36.4 Å². The highest BCUT2D eigenvalue weighted by Gasteiger charge is 2.44. The van der Waals surface area contributed by atoms with Gasteiger partial charge >= 0.3 is 0 Å². The number of hydrogen-bond donors (Lipinski definition) is 6. The summed E-state index contributed by atoms with van der Waals surface area (Å²) in [6, 6.07) is 73.2. The van der Waals surface area contributed by atoms with Crippen LogP contribution in [0.1, 0.15) is 83.6 Å². The number of H-pyrrole nitrogens is 2. The summed E-state index contributed by atoms with van der Waals surface area (Å²) in [5.41, 5.74) is 30.0. The maximum Gasteiger partial charge on any atom is 0.250 e. The maximum absolute atomic E-state index is 11.7. The summed E-state index contributed by atoms with van der Waals surface area (Å²) < 4.78 is 53.9. The van der Waals surface area contributed by atoms with Crippen molar-refractivity contribution in [3.05, 3.63) is 306 Å². The van der Waals surface area contributed by atoms with Crippen LogP contribution < -0.4 is 60.0 Å². The number of ether oxygens (including phenoxy) is 9. The van der Waals surface area contributed by atoms with Crippen molar-refractivity contribution in [3.8, 4) is 96.6 Å². The Hall–Kier alpha value is -16.3. The van der Waals surface area contributed by atoms with Crippen molar-refractivity contribution in [2.24, 2.45) is 28.7 Å². The van der Waals surface area contributed by atoms with E-state index in [9.17, 15) is 19.2 Å². The topological polar surface area (TPSA) is 402 Å².